The van der Waals surface area contributed by atoms with Crippen molar-refractivity contribution in [1.82, 2.24) is 4.90 Å². The molecule has 0 radical (unpaired) electrons. The molecule has 20 heavy (non-hydrogen) atoms. The summed E-state index contributed by atoms with van der Waals surface area (Å²) >= 11 is 0. The van der Waals surface area contributed by atoms with Gasteiger partial charge in [-0.3, -0.25) is 0 Å². The number of hydrogen-bond acceptors (Lipinski definition) is 2. The predicted octanol–water partition coefficient (Wildman–Crippen LogP) is 2.95. The van der Waals surface area contributed by atoms with Crippen molar-refractivity contribution in [1.29, 1.82) is 0 Å². The molecule has 0 atom stereocenters. The van der Waals surface area contributed by atoms with Crippen LogP contribution in [0.1, 0.15) is 32.1 Å². The Balaban J connectivity index is 2.00. The third-order valence-electron chi connectivity index (χ3n) is 3.74. The zero-order chi connectivity index (χ0) is 14.4. The highest BCUT2D eigenvalue weighted by atomic mass is 19.1. The van der Waals surface area contributed by atoms with E-state index in [4.69, 9.17) is 5.73 Å². The molecule has 0 spiro atoms. The Bertz CT molecular complexity index is 429. The number of amides is 2. The largest absolute Gasteiger partial charge is 0.329 e. The summed E-state index contributed by atoms with van der Waals surface area (Å²) in [6.07, 6.45) is 5.64. The van der Waals surface area contributed by atoms with Gasteiger partial charge in [0.05, 0.1) is 0 Å². The second-order valence-electron chi connectivity index (χ2n) is 5.21. The van der Waals surface area contributed by atoms with Gasteiger partial charge in [-0.25, -0.2) is 9.18 Å². The summed E-state index contributed by atoms with van der Waals surface area (Å²) in [5, 5.41) is 2.82. The number of nitrogens with one attached hydrogen (secondary N) is 1. The number of nitrogens with two attached hydrogens (primary N) is 1. The first-order chi connectivity index (χ1) is 9.70. The third kappa shape index (κ3) is 3.93. The number of hydrogen-bond donors (Lipinski definition) is 2. The van der Waals surface area contributed by atoms with Gasteiger partial charge in [-0.2, -0.15) is 0 Å². The van der Waals surface area contributed by atoms with Crippen molar-refractivity contribution in [2.75, 3.05) is 18.4 Å². The van der Waals surface area contributed by atoms with Crippen LogP contribution in [-0.4, -0.2) is 30.1 Å². The molecule has 0 saturated heterocycles. The lowest BCUT2D eigenvalue weighted by molar-refractivity contribution is 0.169. The summed E-state index contributed by atoms with van der Waals surface area (Å²) in [5.74, 6) is -0.311. The van der Waals surface area contributed by atoms with Crippen LogP contribution in [0.3, 0.4) is 0 Å². The molecule has 4 nitrogen and oxygen atoms in total. The lowest BCUT2D eigenvalue weighted by Crippen LogP contribution is -2.46. The van der Waals surface area contributed by atoms with Gasteiger partial charge >= 0.3 is 6.03 Å². The number of benzene rings is 1. The second kappa shape index (κ2) is 7.24. The van der Waals surface area contributed by atoms with Crippen molar-refractivity contribution >= 4 is 11.7 Å². The molecule has 1 fully saturated rings. The zero-order valence-electron chi connectivity index (χ0n) is 11.6. The molecule has 0 unspecified atom stereocenters. The first-order valence-electron chi connectivity index (χ1n) is 7.24. The summed E-state index contributed by atoms with van der Waals surface area (Å²) in [4.78, 5) is 14.2. The van der Waals surface area contributed by atoms with Crippen LogP contribution in [0.5, 0.6) is 0 Å². The molecule has 1 aromatic carbocycles. The standard InChI is InChI=1S/C15H22FN3O/c16-12-6-8-13(9-7-12)18-15(20)19(11-10-17)14-4-2-1-3-5-14/h6-9,14H,1-5,10-11,17H2,(H,18,20). The van der Waals surface area contributed by atoms with Crippen LogP contribution in [0.4, 0.5) is 14.9 Å². The Hall–Kier alpha value is -1.62. The molecule has 3 N–H and O–H groups in total. The minimum atomic E-state index is -0.311. The Morgan fingerprint density at radius 2 is 1.90 bits per heavy atom. The molecule has 0 bridgehead atoms. The number of anilines is 1. The highest BCUT2D eigenvalue weighted by Gasteiger charge is 2.24. The first-order valence-corrected chi connectivity index (χ1v) is 7.24. The second-order valence-corrected chi connectivity index (χ2v) is 5.21. The number of nitrogens with zero attached hydrogens (tertiary/aromatic N) is 1. The van der Waals surface area contributed by atoms with Crippen LogP contribution in [0, 0.1) is 5.82 Å². The fourth-order valence-electron chi connectivity index (χ4n) is 2.71. The Kier molecular flexibility index (Phi) is 5.35. The van der Waals surface area contributed by atoms with Crippen LogP contribution in [0.25, 0.3) is 0 Å². The van der Waals surface area contributed by atoms with Crippen molar-refractivity contribution in [3.05, 3.63) is 30.1 Å². The van der Waals surface area contributed by atoms with Gasteiger partial charge in [-0.05, 0) is 37.1 Å². The van der Waals surface area contributed by atoms with E-state index in [1.165, 1.54) is 18.6 Å². The number of carbonyl (C=O) groups is 1. The smallest absolute Gasteiger partial charge is 0.322 e. The van der Waals surface area contributed by atoms with Crippen molar-refractivity contribution in [2.24, 2.45) is 5.73 Å². The summed E-state index contributed by atoms with van der Waals surface area (Å²) in [7, 11) is 0. The lowest BCUT2D eigenvalue weighted by atomic mass is 9.94. The van der Waals surface area contributed by atoms with Crippen molar-refractivity contribution in [3.8, 4) is 0 Å². The first kappa shape index (κ1) is 14.8. The third-order valence-corrected chi connectivity index (χ3v) is 3.74. The van der Waals surface area contributed by atoms with Crippen molar-refractivity contribution in [2.45, 2.75) is 38.1 Å². The van der Waals surface area contributed by atoms with E-state index in [0.717, 1.165) is 25.7 Å². The average Bonchev–Trinajstić information content (AvgIpc) is 2.48. The van der Waals surface area contributed by atoms with E-state index in [0.29, 0.717) is 18.8 Å². The van der Waals surface area contributed by atoms with Crippen LogP contribution in [0.2, 0.25) is 0 Å². The SMILES string of the molecule is NCCN(C(=O)Nc1ccc(F)cc1)C1CCCCC1. The molecule has 0 heterocycles. The number of halogens is 1. The van der Waals surface area contributed by atoms with Crippen LogP contribution in [-0.2, 0) is 0 Å². The Morgan fingerprint density at radius 1 is 1.25 bits per heavy atom. The molecule has 2 amide bonds. The van der Waals surface area contributed by atoms with Gasteiger partial charge in [-0.1, -0.05) is 19.3 Å². The molecule has 0 aromatic heterocycles. The van der Waals surface area contributed by atoms with Crippen LogP contribution >= 0.6 is 0 Å². The minimum Gasteiger partial charge on any atom is -0.329 e. The molecule has 1 aromatic rings. The predicted molar refractivity (Wildman–Crippen MR) is 78.1 cm³/mol. The Labute approximate surface area is 119 Å². The maximum Gasteiger partial charge on any atom is 0.322 e. The highest BCUT2D eigenvalue weighted by Crippen LogP contribution is 2.23. The lowest BCUT2D eigenvalue weighted by Gasteiger charge is -2.34. The van der Waals surface area contributed by atoms with Gasteiger partial charge < -0.3 is 16.0 Å². The number of carbonyl (C=O) groups excluding carboxylic acids is 1. The van der Waals surface area contributed by atoms with E-state index in [1.54, 1.807) is 12.1 Å². The summed E-state index contributed by atoms with van der Waals surface area (Å²) in [5.41, 5.74) is 6.22. The maximum atomic E-state index is 12.9. The van der Waals surface area contributed by atoms with Gasteiger partial charge in [0.15, 0.2) is 0 Å². The number of rotatable bonds is 4. The fraction of sp³-hybridized carbons (Fsp3) is 0.533. The summed E-state index contributed by atoms with van der Waals surface area (Å²) in [6, 6.07) is 5.93. The number of urea groups is 1. The Morgan fingerprint density at radius 3 is 2.50 bits per heavy atom. The zero-order valence-corrected chi connectivity index (χ0v) is 11.6. The van der Waals surface area contributed by atoms with E-state index < -0.39 is 0 Å². The molecule has 1 aliphatic rings. The van der Waals surface area contributed by atoms with E-state index in [2.05, 4.69) is 5.32 Å². The van der Waals surface area contributed by atoms with Crippen LogP contribution < -0.4 is 11.1 Å². The highest BCUT2D eigenvalue weighted by molar-refractivity contribution is 5.89. The van der Waals surface area contributed by atoms with Crippen molar-refractivity contribution < 1.29 is 9.18 Å². The van der Waals surface area contributed by atoms with E-state index in [9.17, 15) is 9.18 Å². The average molecular weight is 279 g/mol. The molecule has 2 rings (SSSR count). The van der Waals surface area contributed by atoms with Gasteiger partial charge in [0.1, 0.15) is 5.82 Å². The topological polar surface area (TPSA) is 58.4 Å². The van der Waals surface area contributed by atoms with Gasteiger partial charge in [0.2, 0.25) is 0 Å². The summed E-state index contributed by atoms with van der Waals surface area (Å²) < 4.78 is 12.9. The van der Waals surface area contributed by atoms with Gasteiger partial charge in [0.25, 0.3) is 0 Å². The minimum absolute atomic E-state index is 0.144. The van der Waals surface area contributed by atoms with E-state index in [-0.39, 0.29) is 17.9 Å². The van der Waals surface area contributed by atoms with Gasteiger partial charge in [0, 0.05) is 24.8 Å². The molecule has 1 saturated carbocycles. The molecule has 1 aliphatic carbocycles. The molecular formula is C15H22FN3O. The van der Waals surface area contributed by atoms with Gasteiger partial charge in [-0.15, -0.1) is 0 Å². The maximum absolute atomic E-state index is 12.9. The quantitative estimate of drug-likeness (QED) is 0.890. The van der Waals surface area contributed by atoms with E-state index in [1.807, 2.05) is 4.90 Å². The monoisotopic (exact) mass is 279 g/mol. The molecule has 5 heteroatoms. The molecular weight excluding hydrogens is 257 g/mol. The molecule has 110 valence electrons. The van der Waals surface area contributed by atoms with E-state index >= 15 is 0 Å². The van der Waals surface area contributed by atoms with Crippen molar-refractivity contribution in [3.63, 3.8) is 0 Å². The summed E-state index contributed by atoms with van der Waals surface area (Å²) in [6.45, 7) is 1.00. The molecule has 0 aliphatic heterocycles. The van der Waals surface area contributed by atoms with Crippen LogP contribution in [0.15, 0.2) is 24.3 Å². The normalized spacial score (nSPS) is 15.9. The fourth-order valence-corrected chi connectivity index (χ4v) is 2.71.